The van der Waals surface area contributed by atoms with Crippen LogP contribution in [-0.2, 0) is 26.2 Å². The van der Waals surface area contributed by atoms with E-state index in [1.165, 1.54) is 19.2 Å². The van der Waals surface area contributed by atoms with Crippen LogP contribution in [0.15, 0.2) is 77.7 Å². The molecular weight excluding hydrogens is 478 g/mol. The second kappa shape index (κ2) is 10.8. The Kier molecular flexibility index (Phi) is 7.59. The fourth-order valence-electron chi connectivity index (χ4n) is 4.06. The molecule has 0 saturated carbocycles. The number of amides is 2. The molecule has 0 spiro atoms. The van der Waals surface area contributed by atoms with Crippen LogP contribution in [0.2, 0.25) is 0 Å². The van der Waals surface area contributed by atoms with Crippen molar-refractivity contribution in [1.82, 2.24) is 5.32 Å². The lowest BCUT2D eigenvalue weighted by molar-refractivity contribution is -0.120. The molecule has 0 bridgehead atoms. The van der Waals surface area contributed by atoms with Gasteiger partial charge in [-0.3, -0.25) is 13.9 Å². The van der Waals surface area contributed by atoms with E-state index in [2.05, 4.69) is 5.32 Å². The Hall–Kier alpha value is -3.85. The van der Waals surface area contributed by atoms with Crippen molar-refractivity contribution in [2.75, 3.05) is 29.4 Å². The number of hydrogen-bond donors (Lipinski definition) is 1. The van der Waals surface area contributed by atoms with Crippen LogP contribution in [0.1, 0.15) is 24.0 Å². The average Bonchev–Trinajstić information content (AvgIpc) is 3.32. The molecule has 3 aromatic rings. The molecule has 1 aliphatic rings. The number of benzene rings is 3. The molecule has 9 heteroatoms. The zero-order valence-corrected chi connectivity index (χ0v) is 21.1. The van der Waals surface area contributed by atoms with Gasteiger partial charge in [-0.1, -0.05) is 35.9 Å². The molecule has 8 nitrogen and oxygen atoms in total. The second-order valence-electron chi connectivity index (χ2n) is 8.62. The summed E-state index contributed by atoms with van der Waals surface area (Å²) < 4.78 is 33.4. The number of hydrogen-bond acceptors (Lipinski definition) is 5. The number of anilines is 2. The highest BCUT2D eigenvalue weighted by Crippen LogP contribution is 2.27. The highest BCUT2D eigenvalue weighted by molar-refractivity contribution is 7.92. The van der Waals surface area contributed by atoms with Crippen LogP contribution in [0.25, 0.3) is 0 Å². The van der Waals surface area contributed by atoms with Gasteiger partial charge in [0.1, 0.15) is 12.3 Å². The largest absolute Gasteiger partial charge is 0.497 e. The van der Waals surface area contributed by atoms with E-state index in [0.717, 1.165) is 27.5 Å². The van der Waals surface area contributed by atoms with Crippen molar-refractivity contribution in [3.05, 3.63) is 83.9 Å². The molecule has 2 amide bonds. The van der Waals surface area contributed by atoms with Gasteiger partial charge in [-0.05, 0) is 55.3 Å². The number of nitrogens with zero attached hydrogens (tertiary/aromatic N) is 2. The van der Waals surface area contributed by atoms with Crippen molar-refractivity contribution >= 4 is 33.2 Å². The number of ether oxygens (including phenoxy) is 1. The van der Waals surface area contributed by atoms with E-state index in [4.69, 9.17) is 4.74 Å². The molecule has 0 aliphatic carbocycles. The summed E-state index contributed by atoms with van der Waals surface area (Å²) in [6.45, 7) is 2.35. The van der Waals surface area contributed by atoms with Crippen molar-refractivity contribution in [3.63, 3.8) is 0 Å². The molecule has 1 aliphatic heterocycles. The first-order chi connectivity index (χ1) is 17.3. The molecule has 1 N–H and O–H groups in total. The minimum Gasteiger partial charge on any atom is -0.497 e. The molecular formula is C27H29N3O5S. The van der Waals surface area contributed by atoms with Crippen LogP contribution in [-0.4, -0.2) is 40.4 Å². The fourth-order valence-corrected chi connectivity index (χ4v) is 5.47. The summed E-state index contributed by atoms with van der Waals surface area (Å²) in [4.78, 5) is 26.9. The lowest BCUT2D eigenvalue weighted by Gasteiger charge is -2.24. The van der Waals surface area contributed by atoms with Crippen LogP contribution >= 0.6 is 0 Å². The molecule has 1 saturated heterocycles. The van der Waals surface area contributed by atoms with Crippen molar-refractivity contribution in [1.29, 1.82) is 0 Å². The van der Waals surface area contributed by atoms with Crippen LogP contribution < -0.4 is 19.3 Å². The second-order valence-corrected chi connectivity index (χ2v) is 10.5. The van der Waals surface area contributed by atoms with Gasteiger partial charge in [-0.25, -0.2) is 8.42 Å². The summed E-state index contributed by atoms with van der Waals surface area (Å²) >= 11 is 0. The van der Waals surface area contributed by atoms with Crippen molar-refractivity contribution in [3.8, 4) is 5.75 Å². The smallest absolute Gasteiger partial charge is 0.264 e. The minimum absolute atomic E-state index is 0.0893. The lowest BCUT2D eigenvalue weighted by atomic mass is 10.2. The van der Waals surface area contributed by atoms with E-state index in [1.807, 2.05) is 31.2 Å². The van der Waals surface area contributed by atoms with E-state index >= 15 is 0 Å². The molecule has 4 rings (SSSR count). The van der Waals surface area contributed by atoms with Crippen molar-refractivity contribution in [2.45, 2.75) is 31.2 Å². The Bertz CT molecular complexity index is 1360. The summed E-state index contributed by atoms with van der Waals surface area (Å²) in [5, 5.41) is 2.81. The predicted octanol–water partition coefficient (Wildman–Crippen LogP) is 3.64. The summed E-state index contributed by atoms with van der Waals surface area (Å²) in [5.74, 6) is 0.105. The molecule has 1 fully saturated rings. The molecule has 188 valence electrons. The lowest BCUT2D eigenvalue weighted by Crippen LogP contribution is -2.40. The standard InChI is InChI=1S/C27H29N3O5S/c1-20-11-13-25(14-12-20)36(33,34)30(23-8-4-9-24(17-23)35-2)19-26(31)28-18-21-6-3-7-22(16-21)29-15-5-10-27(29)32/h3-4,6-9,11-14,16-17H,5,10,15,18-19H2,1-2H3,(H,28,31). The highest BCUT2D eigenvalue weighted by Gasteiger charge is 2.27. The van der Waals surface area contributed by atoms with E-state index in [1.54, 1.807) is 41.3 Å². The number of methoxy groups -OCH3 is 1. The summed E-state index contributed by atoms with van der Waals surface area (Å²) in [7, 11) is -2.53. The maximum absolute atomic E-state index is 13.5. The molecule has 0 radical (unpaired) electrons. The Morgan fingerprint density at radius 3 is 2.50 bits per heavy atom. The van der Waals surface area contributed by atoms with Crippen LogP contribution in [0.4, 0.5) is 11.4 Å². The molecule has 1 heterocycles. The van der Waals surface area contributed by atoms with Gasteiger partial charge in [0, 0.05) is 31.3 Å². The SMILES string of the molecule is COc1cccc(N(CC(=O)NCc2cccc(N3CCCC3=O)c2)S(=O)(=O)c2ccc(C)cc2)c1. The van der Waals surface area contributed by atoms with E-state index in [9.17, 15) is 18.0 Å². The van der Waals surface area contributed by atoms with Crippen molar-refractivity contribution < 1.29 is 22.7 Å². The van der Waals surface area contributed by atoms with Gasteiger partial charge in [-0.2, -0.15) is 0 Å². The quantitative estimate of drug-likeness (QED) is 0.477. The third-order valence-corrected chi connectivity index (χ3v) is 7.81. The highest BCUT2D eigenvalue weighted by atomic mass is 32.2. The van der Waals surface area contributed by atoms with Gasteiger partial charge in [-0.15, -0.1) is 0 Å². The van der Waals surface area contributed by atoms with Crippen LogP contribution in [0, 0.1) is 6.92 Å². The Labute approximate surface area is 211 Å². The van der Waals surface area contributed by atoms with Gasteiger partial charge in [0.15, 0.2) is 0 Å². The summed E-state index contributed by atoms with van der Waals surface area (Å²) in [6, 6.07) is 20.5. The first-order valence-corrected chi connectivity index (χ1v) is 13.1. The number of nitrogens with one attached hydrogen (secondary N) is 1. The topological polar surface area (TPSA) is 96.0 Å². The Balaban J connectivity index is 1.53. The summed E-state index contributed by atoms with van der Waals surface area (Å²) in [5.41, 5.74) is 2.86. The number of carbonyl (C=O) groups excluding carboxylic acids is 2. The van der Waals surface area contributed by atoms with Gasteiger partial charge in [0.2, 0.25) is 11.8 Å². The monoisotopic (exact) mass is 507 g/mol. The van der Waals surface area contributed by atoms with E-state index < -0.39 is 22.5 Å². The van der Waals surface area contributed by atoms with Gasteiger partial charge in [0.25, 0.3) is 10.0 Å². The summed E-state index contributed by atoms with van der Waals surface area (Å²) in [6.07, 6.45) is 1.37. The Morgan fingerprint density at radius 2 is 1.81 bits per heavy atom. The van der Waals surface area contributed by atoms with Gasteiger partial charge < -0.3 is 15.0 Å². The number of sulfonamides is 1. The number of carbonyl (C=O) groups is 2. The molecule has 36 heavy (non-hydrogen) atoms. The normalized spacial score (nSPS) is 13.5. The minimum atomic E-state index is -4.03. The molecule has 3 aromatic carbocycles. The van der Waals surface area contributed by atoms with Crippen LogP contribution in [0.3, 0.4) is 0 Å². The maximum Gasteiger partial charge on any atom is 0.264 e. The van der Waals surface area contributed by atoms with Crippen molar-refractivity contribution in [2.24, 2.45) is 0 Å². The molecule has 0 unspecified atom stereocenters. The van der Waals surface area contributed by atoms with Crippen LogP contribution in [0.5, 0.6) is 5.75 Å². The predicted molar refractivity (Wildman–Crippen MR) is 139 cm³/mol. The van der Waals surface area contributed by atoms with E-state index in [-0.39, 0.29) is 17.3 Å². The van der Waals surface area contributed by atoms with E-state index in [0.29, 0.717) is 24.4 Å². The first kappa shape index (κ1) is 25.2. The van der Waals surface area contributed by atoms with Gasteiger partial charge >= 0.3 is 0 Å². The maximum atomic E-state index is 13.5. The Morgan fingerprint density at radius 1 is 1.06 bits per heavy atom. The first-order valence-electron chi connectivity index (χ1n) is 11.7. The zero-order chi connectivity index (χ0) is 25.7. The molecule has 0 atom stereocenters. The third kappa shape index (κ3) is 5.68. The van der Waals surface area contributed by atoms with Gasteiger partial charge in [0.05, 0.1) is 17.7 Å². The fraction of sp³-hybridized carbons (Fsp3) is 0.259. The number of rotatable bonds is 9. The molecule has 0 aromatic heterocycles. The average molecular weight is 508 g/mol. The number of aryl methyl sites for hydroxylation is 1. The zero-order valence-electron chi connectivity index (χ0n) is 20.3. The third-order valence-electron chi connectivity index (χ3n) is 6.02.